The van der Waals surface area contributed by atoms with Gasteiger partial charge in [0.2, 0.25) is 5.91 Å². The number of azo groups is 1. The lowest BCUT2D eigenvalue weighted by atomic mass is 10.2. The van der Waals surface area contributed by atoms with Crippen molar-refractivity contribution in [3.63, 3.8) is 0 Å². The average Bonchev–Trinajstić information content (AvgIpc) is 3.04. The number of halogens is 1. The van der Waals surface area contributed by atoms with Gasteiger partial charge in [-0.3, -0.25) is 29.8 Å². The van der Waals surface area contributed by atoms with Crippen LogP contribution >= 0.6 is 15.9 Å². The van der Waals surface area contributed by atoms with Gasteiger partial charge in [-0.2, -0.15) is 0 Å². The topological polar surface area (TPSA) is 205 Å². The molecule has 0 aromatic heterocycles. The van der Waals surface area contributed by atoms with E-state index in [0.717, 1.165) is 12.1 Å². The molecule has 16 nitrogen and oxygen atoms in total. The zero-order valence-corrected chi connectivity index (χ0v) is 27.9. The third-order valence-corrected chi connectivity index (χ3v) is 7.01. The van der Waals surface area contributed by atoms with Crippen LogP contribution in [0.5, 0.6) is 5.75 Å². The van der Waals surface area contributed by atoms with E-state index >= 15 is 0 Å². The Morgan fingerprint density at radius 1 is 0.938 bits per heavy atom. The molecule has 3 rings (SSSR count). The summed E-state index contributed by atoms with van der Waals surface area (Å²) in [7, 11) is 0. The van der Waals surface area contributed by atoms with Gasteiger partial charge in [0.1, 0.15) is 24.7 Å². The van der Waals surface area contributed by atoms with Crippen LogP contribution in [0.25, 0.3) is 0 Å². The third kappa shape index (κ3) is 10.5. The van der Waals surface area contributed by atoms with Gasteiger partial charge in [0.05, 0.1) is 57.0 Å². The van der Waals surface area contributed by atoms with Gasteiger partial charge >= 0.3 is 17.6 Å². The van der Waals surface area contributed by atoms with Crippen LogP contribution < -0.4 is 15.0 Å². The molecule has 0 aliphatic rings. The summed E-state index contributed by atoms with van der Waals surface area (Å²) in [6.45, 7) is 5.27. The first-order valence-corrected chi connectivity index (χ1v) is 15.5. The monoisotopic (exact) mass is 728 g/mol. The summed E-state index contributed by atoms with van der Waals surface area (Å²) in [6, 6.07) is 13.2. The Kier molecular flexibility index (Phi) is 13.9. The summed E-state index contributed by atoms with van der Waals surface area (Å²) in [5.74, 6) is -1.12. The fraction of sp³-hybridized carbons (Fsp3) is 0.323. The number of esters is 2. The van der Waals surface area contributed by atoms with E-state index in [4.69, 9.17) is 14.2 Å². The second-order valence-electron chi connectivity index (χ2n) is 9.92. The Morgan fingerprint density at radius 3 is 2.23 bits per heavy atom. The number of hydrogen-bond acceptors (Lipinski definition) is 13. The molecule has 48 heavy (non-hydrogen) atoms. The lowest BCUT2D eigenvalue weighted by Crippen LogP contribution is -2.32. The number of carbonyl (C=O) groups is 3. The highest BCUT2D eigenvalue weighted by Gasteiger charge is 2.24. The van der Waals surface area contributed by atoms with Gasteiger partial charge in [-0.1, -0.05) is 25.1 Å². The number of ether oxygens (including phenoxy) is 3. The van der Waals surface area contributed by atoms with Crippen LogP contribution in [0.3, 0.4) is 0 Å². The predicted octanol–water partition coefficient (Wildman–Crippen LogP) is 7.04. The highest BCUT2D eigenvalue weighted by Crippen LogP contribution is 2.43. The molecule has 0 radical (unpaired) electrons. The molecule has 1 N–H and O–H groups in total. The summed E-state index contributed by atoms with van der Waals surface area (Å²) in [6.07, 6.45) is 0.858. The fourth-order valence-electron chi connectivity index (χ4n) is 4.27. The predicted molar refractivity (Wildman–Crippen MR) is 178 cm³/mol. The number of nitrogens with one attached hydrogen (secondary N) is 1. The third-order valence-electron chi connectivity index (χ3n) is 6.40. The molecule has 17 heteroatoms. The summed E-state index contributed by atoms with van der Waals surface area (Å²) < 4.78 is 16.7. The number of anilines is 2. The summed E-state index contributed by atoms with van der Waals surface area (Å²) in [5, 5.41) is 33.8. The van der Waals surface area contributed by atoms with E-state index in [9.17, 15) is 34.6 Å². The zero-order valence-electron chi connectivity index (χ0n) is 26.3. The van der Waals surface area contributed by atoms with Gasteiger partial charge in [-0.15, -0.1) is 10.2 Å². The second kappa shape index (κ2) is 18.0. The maximum atomic E-state index is 12.6. The van der Waals surface area contributed by atoms with Crippen molar-refractivity contribution in [3.8, 4) is 5.75 Å². The largest absolute Gasteiger partial charge is 0.492 e. The minimum Gasteiger partial charge on any atom is -0.492 e. The van der Waals surface area contributed by atoms with E-state index in [1.807, 2.05) is 6.92 Å². The molecule has 0 bridgehead atoms. The molecule has 0 atom stereocenters. The van der Waals surface area contributed by atoms with Crippen LogP contribution in [0, 0.1) is 20.2 Å². The van der Waals surface area contributed by atoms with E-state index in [-0.39, 0.29) is 72.6 Å². The highest BCUT2D eigenvalue weighted by molar-refractivity contribution is 9.10. The Labute approximate surface area is 283 Å². The molecule has 0 aliphatic carbocycles. The van der Waals surface area contributed by atoms with Gasteiger partial charge in [0.25, 0.3) is 5.69 Å². The van der Waals surface area contributed by atoms with Crippen molar-refractivity contribution in [3.05, 3.63) is 84.9 Å². The van der Waals surface area contributed by atoms with Crippen molar-refractivity contribution in [1.82, 2.24) is 0 Å². The molecule has 3 aromatic rings. The Hall–Kier alpha value is -5.45. The Bertz CT molecular complexity index is 1690. The van der Waals surface area contributed by atoms with Gasteiger partial charge in [-0.05, 0) is 47.5 Å². The van der Waals surface area contributed by atoms with Crippen molar-refractivity contribution in [2.24, 2.45) is 10.2 Å². The number of carbonyl (C=O) groups excluding carboxylic acids is 3. The van der Waals surface area contributed by atoms with Gasteiger partial charge in [0, 0.05) is 25.5 Å². The number of non-ortho nitro benzene ring substituents is 1. The number of amides is 1. The van der Waals surface area contributed by atoms with E-state index in [0.29, 0.717) is 17.7 Å². The maximum Gasteiger partial charge on any atom is 0.338 e. The van der Waals surface area contributed by atoms with E-state index in [2.05, 4.69) is 31.5 Å². The standard InChI is InChI=1S/C31H33BrN6O10/c1-4-9-29(40)47-14-12-36(13-15-48-31(41)21-10-7-6-8-11-21)26-18-24(33-20(3)39)25(19-28(26)46-5-2)34-35-30-23(32)16-22(37(42)43)17-27(30)38(44)45/h6-8,10-11,16-19H,4-5,9,12-15H2,1-3H3,(H,33,39). The van der Waals surface area contributed by atoms with Crippen LogP contribution in [0.15, 0.2) is 69.3 Å². The van der Waals surface area contributed by atoms with Crippen LogP contribution in [-0.4, -0.2) is 60.6 Å². The van der Waals surface area contributed by atoms with Gasteiger partial charge in [0.15, 0.2) is 5.69 Å². The molecule has 3 aromatic carbocycles. The summed E-state index contributed by atoms with van der Waals surface area (Å²) in [5.41, 5.74) is -0.515. The number of nitro groups is 2. The number of nitrogens with zero attached hydrogens (tertiary/aromatic N) is 5. The molecule has 0 saturated carbocycles. The van der Waals surface area contributed by atoms with Crippen molar-refractivity contribution in [2.45, 2.75) is 33.6 Å². The highest BCUT2D eigenvalue weighted by atomic mass is 79.9. The molecule has 0 saturated heterocycles. The lowest BCUT2D eigenvalue weighted by Gasteiger charge is -2.27. The minimum absolute atomic E-state index is 0.00814. The van der Waals surface area contributed by atoms with Gasteiger partial charge < -0.3 is 24.4 Å². The number of nitro benzene ring substituents is 2. The molecular weight excluding hydrogens is 696 g/mol. The van der Waals surface area contributed by atoms with Crippen molar-refractivity contribution >= 4 is 67.9 Å². The smallest absolute Gasteiger partial charge is 0.338 e. The first-order valence-electron chi connectivity index (χ1n) is 14.7. The summed E-state index contributed by atoms with van der Waals surface area (Å²) >= 11 is 3.09. The normalized spacial score (nSPS) is 10.8. The minimum atomic E-state index is -0.828. The number of rotatable bonds is 17. The first kappa shape index (κ1) is 37.0. The van der Waals surface area contributed by atoms with Crippen molar-refractivity contribution in [1.29, 1.82) is 0 Å². The molecule has 254 valence electrons. The SMILES string of the molecule is CCCC(=O)OCCN(CCOC(=O)c1ccccc1)c1cc(NC(C)=O)c(N=Nc2c(Br)cc([N+](=O)[O-])cc2[N+](=O)[O-])cc1OCC. The molecule has 0 spiro atoms. The fourth-order valence-corrected chi connectivity index (χ4v) is 4.79. The van der Waals surface area contributed by atoms with Gasteiger partial charge in [-0.25, -0.2) is 4.79 Å². The van der Waals surface area contributed by atoms with E-state index in [1.165, 1.54) is 19.1 Å². The molecular formula is C31H33BrN6O10. The number of benzene rings is 3. The number of hydrogen-bond donors (Lipinski definition) is 1. The molecule has 0 unspecified atom stereocenters. The average molecular weight is 730 g/mol. The molecule has 0 fully saturated rings. The second-order valence-corrected chi connectivity index (χ2v) is 10.8. The molecule has 1 amide bonds. The van der Waals surface area contributed by atoms with Crippen LogP contribution in [0.4, 0.5) is 34.1 Å². The van der Waals surface area contributed by atoms with Crippen LogP contribution in [-0.2, 0) is 19.1 Å². The molecule has 0 heterocycles. The van der Waals surface area contributed by atoms with E-state index in [1.54, 1.807) is 42.2 Å². The van der Waals surface area contributed by atoms with Crippen molar-refractivity contribution in [2.75, 3.05) is 43.1 Å². The zero-order chi connectivity index (χ0) is 35.2. The maximum absolute atomic E-state index is 12.6. The van der Waals surface area contributed by atoms with Crippen molar-refractivity contribution < 1.29 is 38.4 Å². The van der Waals surface area contributed by atoms with Crippen LogP contribution in [0.2, 0.25) is 0 Å². The Morgan fingerprint density at radius 2 is 1.62 bits per heavy atom. The Balaban J connectivity index is 2.04. The molecule has 0 aliphatic heterocycles. The summed E-state index contributed by atoms with van der Waals surface area (Å²) in [4.78, 5) is 60.0. The van der Waals surface area contributed by atoms with E-state index < -0.39 is 33.1 Å². The van der Waals surface area contributed by atoms with Crippen LogP contribution in [0.1, 0.15) is 44.0 Å². The first-order chi connectivity index (χ1) is 22.9. The quantitative estimate of drug-likeness (QED) is 0.0645. The lowest BCUT2D eigenvalue weighted by molar-refractivity contribution is -0.393.